The molecule has 0 aromatic heterocycles. The molecular formula is C23H24BrP. The Morgan fingerprint density at radius 2 is 1.00 bits per heavy atom. The van der Waals surface area contributed by atoms with Crippen LogP contribution < -0.4 is 32.9 Å². The van der Waals surface area contributed by atoms with Crippen LogP contribution in [0.15, 0.2) is 103 Å². The number of halogens is 1. The van der Waals surface area contributed by atoms with Crippen LogP contribution in [0.25, 0.3) is 0 Å². The van der Waals surface area contributed by atoms with Gasteiger partial charge in [0.2, 0.25) is 0 Å². The summed E-state index contributed by atoms with van der Waals surface area (Å²) in [5, 5.41) is 4.39. The van der Waals surface area contributed by atoms with Gasteiger partial charge in [0.15, 0.2) is 0 Å². The van der Waals surface area contributed by atoms with Crippen molar-refractivity contribution in [1.29, 1.82) is 0 Å². The van der Waals surface area contributed by atoms with E-state index in [9.17, 15) is 0 Å². The van der Waals surface area contributed by atoms with Gasteiger partial charge in [-0.3, -0.25) is 0 Å². The van der Waals surface area contributed by atoms with Crippen molar-refractivity contribution in [3.63, 3.8) is 0 Å². The molecule has 0 fully saturated rings. The molecule has 3 aromatic rings. The van der Waals surface area contributed by atoms with Gasteiger partial charge in [-0.15, -0.1) is 0 Å². The lowest BCUT2D eigenvalue weighted by Crippen LogP contribution is -3.00. The molecule has 0 saturated carbocycles. The minimum absolute atomic E-state index is 0. The molecule has 0 atom stereocenters. The number of benzene rings is 3. The van der Waals surface area contributed by atoms with E-state index in [1.807, 2.05) is 0 Å². The molecule has 0 heterocycles. The first kappa shape index (κ1) is 19.6. The maximum Gasteiger partial charge on any atom is 0.112 e. The molecule has 0 amide bonds. The quantitative estimate of drug-likeness (QED) is 0.430. The zero-order chi connectivity index (χ0) is 16.7. The van der Waals surface area contributed by atoms with Crippen LogP contribution in [0, 0.1) is 0 Å². The average Bonchev–Trinajstić information content (AvgIpc) is 2.68. The van der Waals surface area contributed by atoms with Gasteiger partial charge >= 0.3 is 0 Å². The predicted octanol–water partition coefficient (Wildman–Crippen LogP) is 1.95. The molecule has 25 heavy (non-hydrogen) atoms. The zero-order valence-electron chi connectivity index (χ0n) is 14.6. The summed E-state index contributed by atoms with van der Waals surface area (Å²) in [4.78, 5) is 0. The van der Waals surface area contributed by atoms with Crippen LogP contribution in [0.1, 0.15) is 13.3 Å². The highest BCUT2D eigenvalue weighted by molar-refractivity contribution is 7.95. The van der Waals surface area contributed by atoms with E-state index in [2.05, 4.69) is 110 Å². The van der Waals surface area contributed by atoms with E-state index in [-0.39, 0.29) is 17.0 Å². The van der Waals surface area contributed by atoms with Crippen LogP contribution in [-0.4, -0.2) is 6.16 Å². The summed E-state index contributed by atoms with van der Waals surface area (Å²) >= 11 is 0. The molecule has 0 bridgehead atoms. The van der Waals surface area contributed by atoms with E-state index < -0.39 is 7.26 Å². The van der Waals surface area contributed by atoms with Crippen molar-refractivity contribution in [3.05, 3.63) is 103 Å². The topological polar surface area (TPSA) is 0 Å². The average molecular weight is 411 g/mol. The van der Waals surface area contributed by atoms with Crippen molar-refractivity contribution in [2.45, 2.75) is 13.3 Å². The Morgan fingerprint density at radius 1 is 0.640 bits per heavy atom. The monoisotopic (exact) mass is 410 g/mol. The van der Waals surface area contributed by atoms with Gasteiger partial charge < -0.3 is 17.0 Å². The summed E-state index contributed by atoms with van der Waals surface area (Å²) in [7, 11) is -1.63. The molecule has 0 aliphatic rings. The molecule has 0 N–H and O–H groups in total. The molecule has 3 rings (SSSR count). The van der Waals surface area contributed by atoms with Gasteiger partial charge in [-0.25, -0.2) is 0 Å². The van der Waals surface area contributed by atoms with Crippen LogP contribution in [0.2, 0.25) is 0 Å². The van der Waals surface area contributed by atoms with Crippen molar-refractivity contribution in [3.8, 4) is 0 Å². The summed E-state index contributed by atoms with van der Waals surface area (Å²) in [6.45, 7) is 2.10. The first-order valence-corrected chi connectivity index (χ1v) is 10.5. The van der Waals surface area contributed by atoms with E-state index in [1.165, 1.54) is 15.9 Å². The SMILES string of the molecule is CC=CCC[P+](c1ccccc1)(c1ccccc1)c1ccccc1.[Br-]. The van der Waals surface area contributed by atoms with E-state index in [4.69, 9.17) is 0 Å². The van der Waals surface area contributed by atoms with Gasteiger partial charge in [-0.2, -0.15) is 0 Å². The standard InChI is InChI=1S/C23H24P.BrH/c1-2-3-13-20-24(21-14-7-4-8-15-21,22-16-9-5-10-17-22)23-18-11-6-12-19-23;/h2-12,14-19H,13,20H2,1H3;1H/q+1;/p-1. The Kier molecular flexibility index (Phi) is 7.62. The van der Waals surface area contributed by atoms with Crippen LogP contribution in [-0.2, 0) is 0 Å². The van der Waals surface area contributed by atoms with Crippen molar-refractivity contribution in [2.75, 3.05) is 6.16 Å². The zero-order valence-corrected chi connectivity index (χ0v) is 17.0. The fourth-order valence-corrected chi connectivity index (χ4v) is 7.57. The van der Waals surface area contributed by atoms with Gasteiger partial charge in [0.05, 0.1) is 6.16 Å². The van der Waals surface area contributed by atoms with Crippen molar-refractivity contribution < 1.29 is 17.0 Å². The summed E-state index contributed by atoms with van der Waals surface area (Å²) in [5.74, 6) is 0. The summed E-state index contributed by atoms with van der Waals surface area (Å²) in [6, 6.07) is 33.2. The Morgan fingerprint density at radius 3 is 1.32 bits per heavy atom. The highest BCUT2D eigenvalue weighted by Gasteiger charge is 2.44. The first-order chi connectivity index (χ1) is 11.9. The molecule has 0 aliphatic carbocycles. The molecule has 0 radical (unpaired) electrons. The Hall–Kier alpha value is -1.69. The highest BCUT2D eigenvalue weighted by atomic mass is 79.9. The maximum atomic E-state index is 2.31. The Bertz CT molecular complexity index is 670. The molecule has 128 valence electrons. The normalized spacial score (nSPS) is 11.2. The van der Waals surface area contributed by atoms with Gasteiger partial charge in [0.25, 0.3) is 0 Å². The van der Waals surface area contributed by atoms with Gasteiger partial charge in [-0.05, 0) is 43.3 Å². The van der Waals surface area contributed by atoms with Crippen molar-refractivity contribution >= 4 is 23.2 Å². The lowest BCUT2D eigenvalue weighted by atomic mass is 10.3. The molecule has 0 spiro atoms. The number of allylic oxidation sites excluding steroid dienone is 2. The third-order valence-corrected chi connectivity index (χ3v) is 8.93. The lowest BCUT2D eigenvalue weighted by Gasteiger charge is -2.27. The molecule has 0 unspecified atom stereocenters. The van der Waals surface area contributed by atoms with Crippen LogP contribution in [0.4, 0.5) is 0 Å². The number of rotatable bonds is 6. The summed E-state index contributed by atoms with van der Waals surface area (Å²) in [6.07, 6.45) is 6.72. The number of hydrogen-bond donors (Lipinski definition) is 0. The lowest BCUT2D eigenvalue weighted by molar-refractivity contribution is -0.00000471. The third-order valence-electron chi connectivity index (χ3n) is 4.46. The van der Waals surface area contributed by atoms with Crippen LogP contribution >= 0.6 is 7.26 Å². The summed E-state index contributed by atoms with van der Waals surface area (Å²) in [5.41, 5.74) is 0. The Balaban J connectivity index is 0.00000225. The predicted molar refractivity (Wildman–Crippen MR) is 109 cm³/mol. The van der Waals surface area contributed by atoms with Gasteiger partial charge in [-0.1, -0.05) is 66.7 Å². The van der Waals surface area contributed by atoms with E-state index >= 15 is 0 Å². The molecule has 0 aliphatic heterocycles. The molecule has 2 heteroatoms. The largest absolute Gasteiger partial charge is 1.00 e. The smallest absolute Gasteiger partial charge is 0.112 e. The Labute approximate surface area is 162 Å². The first-order valence-electron chi connectivity index (χ1n) is 8.54. The van der Waals surface area contributed by atoms with Crippen molar-refractivity contribution in [2.24, 2.45) is 0 Å². The second-order valence-electron chi connectivity index (χ2n) is 5.90. The maximum absolute atomic E-state index is 2.31. The van der Waals surface area contributed by atoms with Gasteiger partial charge in [0, 0.05) is 6.42 Å². The van der Waals surface area contributed by atoms with E-state index in [0.29, 0.717) is 0 Å². The fraction of sp³-hybridized carbons (Fsp3) is 0.130. The molecular weight excluding hydrogens is 387 g/mol. The third kappa shape index (κ3) is 4.29. The second-order valence-corrected chi connectivity index (χ2v) is 9.51. The highest BCUT2D eigenvalue weighted by Crippen LogP contribution is 2.55. The number of hydrogen-bond acceptors (Lipinski definition) is 0. The van der Waals surface area contributed by atoms with Crippen LogP contribution in [0.5, 0.6) is 0 Å². The minimum atomic E-state index is -1.63. The molecule has 3 aromatic carbocycles. The second kappa shape index (κ2) is 9.70. The van der Waals surface area contributed by atoms with E-state index in [0.717, 1.165) is 12.6 Å². The minimum Gasteiger partial charge on any atom is -1.00 e. The van der Waals surface area contributed by atoms with Crippen molar-refractivity contribution in [1.82, 2.24) is 0 Å². The molecule has 0 saturated heterocycles. The van der Waals surface area contributed by atoms with E-state index in [1.54, 1.807) is 0 Å². The van der Waals surface area contributed by atoms with Crippen LogP contribution in [0.3, 0.4) is 0 Å². The summed E-state index contributed by atoms with van der Waals surface area (Å²) < 4.78 is 0. The molecule has 0 nitrogen and oxygen atoms in total. The van der Waals surface area contributed by atoms with Gasteiger partial charge in [0.1, 0.15) is 23.2 Å². The fourth-order valence-electron chi connectivity index (χ4n) is 3.32.